The van der Waals surface area contributed by atoms with Crippen LogP contribution in [0, 0.1) is 0 Å². The van der Waals surface area contributed by atoms with E-state index in [-0.39, 0.29) is 0 Å². The predicted molar refractivity (Wildman–Crippen MR) is 63.7 cm³/mol. The Kier molecular flexibility index (Phi) is 3.14. The van der Waals surface area contributed by atoms with Crippen LogP contribution in [0.1, 0.15) is 18.7 Å². The summed E-state index contributed by atoms with van der Waals surface area (Å²) in [5, 5.41) is 12.0. The fourth-order valence-electron chi connectivity index (χ4n) is 1.10. The molecule has 15 heavy (non-hydrogen) atoms. The zero-order valence-corrected chi connectivity index (χ0v) is 10.4. The number of hydrogen-bond acceptors (Lipinski definition) is 4. The highest BCUT2D eigenvalue weighted by molar-refractivity contribution is 9.10. The Labute approximate surface area is 100.0 Å². The van der Waals surface area contributed by atoms with Gasteiger partial charge in [0.1, 0.15) is 5.01 Å². The van der Waals surface area contributed by atoms with Gasteiger partial charge < -0.3 is 5.11 Å². The molecule has 2 heterocycles. The van der Waals surface area contributed by atoms with Gasteiger partial charge in [0.25, 0.3) is 0 Å². The zero-order valence-electron chi connectivity index (χ0n) is 8.01. The summed E-state index contributed by atoms with van der Waals surface area (Å²) in [6.07, 6.45) is 1.21. The van der Waals surface area contributed by atoms with Crippen molar-refractivity contribution in [2.24, 2.45) is 0 Å². The van der Waals surface area contributed by atoms with E-state index >= 15 is 0 Å². The summed E-state index contributed by atoms with van der Waals surface area (Å²) in [7, 11) is 0. The highest BCUT2D eigenvalue weighted by Gasteiger charge is 2.08. The largest absolute Gasteiger partial charge is 0.387 e. The number of hydrogen-bond donors (Lipinski definition) is 1. The molecule has 78 valence electrons. The van der Waals surface area contributed by atoms with Crippen LogP contribution in [0.3, 0.4) is 0 Å². The average molecular weight is 285 g/mol. The van der Waals surface area contributed by atoms with Crippen LogP contribution in [-0.2, 0) is 0 Å². The molecule has 0 amide bonds. The molecule has 0 radical (unpaired) electrons. The molecule has 0 bridgehead atoms. The number of aromatic nitrogens is 2. The van der Waals surface area contributed by atoms with Crippen molar-refractivity contribution in [1.29, 1.82) is 0 Å². The van der Waals surface area contributed by atoms with Gasteiger partial charge in [-0.15, -0.1) is 11.3 Å². The monoisotopic (exact) mass is 284 g/mol. The first-order chi connectivity index (χ1) is 7.16. The van der Waals surface area contributed by atoms with Crippen molar-refractivity contribution in [2.45, 2.75) is 13.0 Å². The van der Waals surface area contributed by atoms with Gasteiger partial charge in [-0.2, -0.15) is 0 Å². The van der Waals surface area contributed by atoms with Crippen LogP contribution in [0.4, 0.5) is 0 Å². The Morgan fingerprint density at radius 2 is 2.27 bits per heavy atom. The SMILES string of the molecule is CC(O)c1csc(-c2ccc(Br)cn2)n1. The first-order valence-electron chi connectivity index (χ1n) is 4.42. The van der Waals surface area contributed by atoms with Crippen LogP contribution in [0.15, 0.2) is 28.2 Å². The summed E-state index contributed by atoms with van der Waals surface area (Å²) in [6.45, 7) is 1.70. The lowest BCUT2D eigenvalue weighted by atomic mass is 10.3. The van der Waals surface area contributed by atoms with Crippen LogP contribution in [0.2, 0.25) is 0 Å². The minimum atomic E-state index is -0.523. The maximum atomic E-state index is 9.34. The number of thiazole rings is 1. The number of halogens is 1. The smallest absolute Gasteiger partial charge is 0.142 e. The Morgan fingerprint density at radius 3 is 2.80 bits per heavy atom. The molecule has 2 aromatic rings. The summed E-state index contributed by atoms with van der Waals surface area (Å²) in [5.41, 5.74) is 1.52. The van der Waals surface area contributed by atoms with Crippen molar-refractivity contribution in [2.75, 3.05) is 0 Å². The van der Waals surface area contributed by atoms with E-state index < -0.39 is 6.10 Å². The standard InChI is InChI=1S/C10H9BrN2OS/c1-6(14)9-5-15-10(13-9)8-3-2-7(11)4-12-8/h2-6,14H,1H3. The molecule has 1 unspecified atom stereocenters. The summed E-state index contributed by atoms with van der Waals surface area (Å²) >= 11 is 4.81. The molecule has 3 nitrogen and oxygen atoms in total. The minimum absolute atomic E-state index is 0.523. The summed E-state index contributed by atoms with van der Waals surface area (Å²) in [6, 6.07) is 3.82. The van der Waals surface area contributed by atoms with Crippen LogP contribution in [0.25, 0.3) is 10.7 Å². The highest BCUT2D eigenvalue weighted by Crippen LogP contribution is 2.25. The topological polar surface area (TPSA) is 46.0 Å². The lowest BCUT2D eigenvalue weighted by molar-refractivity contribution is 0.195. The molecule has 0 aliphatic rings. The van der Waals surface area contributed by atoms with Crippen molar-refractivity contribution in [1.82, 2.24) is 9.97 Å². The molecule has 5 heteroatoms. The van der Waals surface area contributed by atoms with E-state index in [0.717, 1.165) is 15.2 Å². The molecule has 0 aliphatic heterocycles. The van der Waals surface area contributed by atoms with Crippen LogP contribution in [-0.4, -0.2) is 15.1 Å². The molecule has 0 aliphatic carbocycles. The Hall–Kier alpha value is -0.780. The van der Waals surface area contributed by atoms with Crippen molar-refractivity contribution in [3.63, 3.8) is 0 Å². The molecule has 0 saturated heterocycles. The molecule has 0 saturated carbocycles. The Balaban J connectivity index is 2.33. The molecule has 2 aromatic heterocycles. The van der Waals surface area contributed by atoms with Gasteiger partial charge in [0.15, 0.2) is 0 Å². The van der Waals surface area contributed by atoms with Gasteiger partial charge in [0.05, 0.1) is 17.5 Å². The lowest BCUT2D eigenvalue weighted by Gasteiger charge is -1.97. The Morgan fingerprint density at radius 1 is 1.47 bits per heavy atom. The quantitative estimate of drug-likeness (QED) is 0.922. The maximum Gasteiger partial charge on any atom is 0.142 e. The van der Waals surface area contributed by atoms with E-state index in [4.69, 9.17) is 0 Å². The van der Waals surface area contributed by atoms with Gasteiger partial charge in [0.2, 0.25) is 0 Å². The number of aliphatic hydroxyl groups is 1. The lowest BCUT2D eigenvalue weighted by Crippen LogP contribution is -1.90. The van der Waals surface area contributed by atoms with Crippen LogP contribution in [0.5, 0.6) is 0 Å². The van der Waals surface area contributed by atoms with Crippen molar-refractivity contribution >= 4 is 27.3 Å². The Bertz CT molecular complexity index is 453. The van der Waals surface area contributed by atoms with Gasteiger partial charge in [-0.05, 0) is 35.0 Å². The molecule has 0 fully saturated rings. The summed E-state index contributed by atoms with van der Waals surface area (Å²) < 4.78 is 0.943. The maximum absolute atomic E-state index is 9.34. The van der Waals surface area contributed by atoms with E-state index in [2.05, 4.69) is 25.9 Å². The van der Waals surface area contributed by atoms with Gasteiger partial charge in [-0.1, -0.05) is 0 Å². The zero-order chi connectivity index (χ0) is 10.8. The third-order valence-electron chi connectivity index (χ3n) is 1.90. The van der Waals surface area contributed by atoms with E-state index in [1.54, 1.807) is 13.1 Å². The van der Waals surface area contributed by atoms with E-state index in [9.17, 15) is 5.11 Å². The number of aliphatic hydroxyl groups excluding tert-OH is 1. The van der Waals surface area contributed by atoms with Crippen molar-refractivity contribution < 1.29 is 5.11 Å². The minimum Gasteiger partial charge on any atom is -0.387 e. The molecular weight excluding hydrogens is 276 g/mol. The second kappa shape index (κ2) is 4.38. The summed E-state index contributed by atoms with van der Waals surface area (Å²) in [4.78, 5) is 8.54. The number of rotatable bonds is 2. The second-order valence-corrected chi connectivity index (χ2v) is 4.89. The second-order valence-electron chi connectivity index (χ2n) is 3.12. The molecule has 1 atom stereocenters. The highest BCUT2D eigenvalue weighted by atomic mass is 79.9. The van der Waals surface area contributed by atoms with Crippen LogP contribution >= 0.6 is 27.3 Å². The van der Waals surface area contributed by atoms with Gasteiger partial charge in [-0.3, -0.25) is 4.98 Å². The van der Waals surface area contributed by atoms with E-state index in [1.807, 2.05) is 17.5 Å². The van der Waals surface area contributed by atoms with E-state index in [0.29, 0.717) is 5.69 Å². The average Bonchev–Trinajstić information content (AvgIpc) is 2.68. The van der Waals surface area contributed by atoms with Crippen molar-refractivity contribution in [3.8, 4) is 10.7 Å². The first-order valence-corrected chi connectivity index (χ1v) is 6.09. The number of pyridine rings is 1. The third kappa shape index (κ3) is 2.42. The molecular formula is C10H9BrN2OS. The fourth-order valence-corrected chi connectivity index (χ4v) is 2.21. The van der Waals surface area contributed by atoms with Gasteiger partial charge in [0, 0.05) is 16.0 Å². The fraction of sp³-hybridized carbons (Fsp3) is 0.200. The molecule has 0 spiro atoms. The van der Waals surface area contributed by atoms with Gasteiger partial charge >= 0.3 is 0 Å². The first kappa shape index (κ1) is 10.7. The normalized spacial score (nSPS) is 12.7. The van der Waals surface area contributed by atoms with Gasteiger partial charge in [-0.25, -0.2) is 4.98 Å². The van der Waals surface area contributed by atoms with Crippen molar-refractivity contribution in [3.05, 3.63) is 33.9 Å². The van der Waals surface area contributed by atoms with E-state index in [1.165, 1.54) is 11.3 Å². The summed E-state index contributed by atoms with van der Waals surface area (Å²) in [5.74, 6) is 0. The molecule has 1 N–H and O–H groups in total. The third-order valence-corrected chi connectivity index (χ3v) is 3.25. The van der Waals surface area contributed by atoms with Crippen LogP contribution < -0.4 is 0 Å². The molecule has 0 aromatic carbocycles. The number of nitrogens with zero attached hydrogens (tertiary/aromatic N) is 2. The molecule has 2 rings (SSSR count). The predicted octanol–water partition coefficient (Wildman–Crippen LogP) is 3.02.